The first-order valence-electron chi connectivity index (χ1n) is 19.0. The number of benzene rings is 4. The molecule has 4 aromatic carbocycles. The van der Waals surface area contributed by atoms with E-state index in [0.29, 0.717) is 72.3 Å². The molecule has 4 aromatic rings. The van der Waals surface area contributed by atoms with Crippen molar-refractivity contribution in [1.82, 2.24) is 15.5 Å². The highest BCUT2D eigenvalue weighted by atomic mass is 35.5. The Morgan fingerprint density at radius 3 is 2.62 bits per heavy atom. The molecular weight excluding hydrogens is 717 g/mol. The van der Waals surface area contributed by atoms with Crippen LogP contribution in [0.1, 0.15) is 71.6 Å². The van der Waals surface area contributed by atoms with Crippen LogP contribution < -0.4 is 24.8 Å². The maximum absolute atomic E-state index is 13.5. The quantitative estimate of drug-likeness (QED) is 0.0982. The van der Waals surface area contributed by atoms with Crippen molar-refractivity contribution in [2.24, 2.45) is 0 Å². The molecule has 0 spiro atoms. The van der Waals surface area contributed by atoms with Crippen LogP contribution in [0.25, 0.3) is 16.0 Å². The van der Waals surface area contributed by atoms with Gasteiger partial charge in [0.05, 0.1) is 30.3 Å². The van der Waals surface area contributed by atoms with Crippen molar-refractivity contribution >= 4 is 23.2 Å². The van der Waals surface area contributed by atoms with Gasteiger partial charge in [-0.25, -0.2) is 9.24 Å². The molecule has 0 unspecified atom stereocenters. The summed E-state index contributed by atoms with van der Waals surface area (Å²) in [5.74, 6) is 1.84. The zero-order valence-electron chi connectivity index (χ0n) is 31.0. The smallest absolute Gasteiger partial charge is 0.237 e. The van der Waals surface area contributed by atoms with E-state index in [9.17, 15) is 14.4 Å². The first kappa shape index (κ1) is 38.2. The second-order valence-corrected chi connectivity index (χ2v) is 14.9. The summed E-state index contributed by atoms with van der Waals surface area (Å²) in [6, 6.07) is 22.9. The van der Waals surface area contributed by atoms with Gasteiger partial charge in [-0.05, 0) is 109 Å². The van der Waals surface area contributed by atoms with Gasteiger partial charge in [0.25, 0.3) is 0 Å². The van der Waals surface area contributed by atoms with Gasteiger partial charge in [-0.1, -0.05) is 41.9 Å². The Balaban J connectivity index is 1.08. The fraction of sp³-hybridized carbons (Fsp3) is 0.386. The minimum absolute atomic E-state index is 0.0372. The fourth-order valence-electron chi connectivity index (χ4n) is 7.81. The molecule has 2 atom stereocenters. The highest BCUT2D eigenvalue weighted by Gasteiger charge is 2.29. The fourth-order valence-corrected chi connectivity index (χ4v) is 8.04. The third-order valence-corrected chi connectivity index (χ3v) is 11.1. The zero-order valence-corrected chi connectivity index (χ0v) is 31.8. The number of fused-ring (bicyclic) bond motifs is 1. The van der Waals surface area contributed by atoms with Gasteiger partial charge in [-0.2, -0.15) is 5.26 Å². The molecule has 2 N–H and O–H groups in total. The van der Waals surface area contributed by atoms with E-state index in [1.54, 1.807) is 24.3 Å². The summed E-state index contributed by atoms with van der Waals surface area (Å²) in [7, 11) is 0. The predicted octanol–water partition coefficient (Wildman–Crippen LogP) is 8.56. The molecular formula is C44H45ClFN5O4. The summed E-state index contributed by atoms with van der Waals surface area (Å²) in [4.78, 5) is 18.1. The summed E-state index contributed by atoms with van der Waals surface area (Å²) in [5.41, 5.74) is 7.92. The number of halogens is 2. The minimum Gasteiger partial charge on any atom is -0.493 e. The van der Waals surface area contributed by atoms with Crippen molar-refractivity contribution in [2.75, 3.05) is 32.8 Å². The van der Waals surface area contributed by atoms with Crippen LogP contribution in [0.5, 0.6) is 17.2 Å². The zero-order chi connectivity index (χ0) is 38.3. The summed E-state index contributed by atoms with van der Waals surface area (Å²) in [6.45, 7) is 13.8. The number of nitrogens with zero attached hydrogens (tertiary/aromatic N) is 3. The number of alkyl halides is 1. The molecule has 11 heteroatoms. The molecule has 7 rings (SSSR count). The Kier molecular flexibility index (Phi) is 12.2. The van der Waals surface area contributed by atoms with E-state index < -0.39 is 6.17 Å². The van der Waals surface area contributed by atoms with Crippen LogP contribution in [0.2, 0.25) is 5.02 Å². The van der Waals surface area contributed by atoms with E-state index in [1.165, 1.54) is 5.56 Å². The van der Waals surface area contributed by atoms with Crippen LogP contribution in [-0.4, -0.2) is 55.8 Å². The van der Waals surface area contributed by atoms with Crippen molar-refractivity contribution in [3.8, 4) is 34.4 Å². The van der Waals surface area contributed by atoms with Gasteiger partial charge >= 0.3 is 0 Å². The molecule has 55 heavy (non-hydrogen) atoms. The molecule has 9 nitrogen and oxygen atoms in total. The average Bonchev–Trinajstić information content (AvgIpc) is 3.82. The highest BCUT2D eigenvalue weighted by Crippen LogP contribution is 2.44. The number of hydrogen-bond acceptors (Lipinski definition) is 7. The summed E-state index contributed by atoms with van der Waals surface area (Å²) < 4.78 is 32.8. The molecule has 1 amide bonds. The normalized spacial score (nSPS) is 18.3. The number of amides is 1. The van der Waals surface area contributed by atoms with Gasteiger partial charge in [0, 0.05) is 49.9 Å². The van der Waals surface area contributed by atoms with Crippen molar-refractivity contribution in [3.63, 3.8) is 0 Å². The molecule has 0 bridgehead atoms. The topological polar surface area (TPSA) is 100 Å². The number of rotatable bonds is 14. The van der Waals surface area contributed by atoms with E-state index >= 15 is 0 Å². The lowest BCUT2D eigenvalue weighted by Gasteiger charge is -2.28. The van der Waals surface area contributed by atoms with E-state index in [4.69, 9.17) is 32.4 Å². The maximum atomic E-state index is 13.5. The van der Waals surface area contributed by atoms with Crippen LogP contribution in [0, 0.1) is 24.8 Å². The van der Waals surface area contributed by atoms with Gasteiger partial charge in [0.2, 0.25) is 5.91 Å². The Morgan fingerprint density at radius 2 is 1.84 bits per heavy atom. The third kappa shape index (κ3) is 9.06. The van der Waals surface area contributed by atoms with E-state index in [0.717, 1.165) is 72.5 Å². The van der Waals surface area contributed by atoms with Crippen molar-refractivity contribution in [3.05, 3.63) is 117 Å². The molecule has 0 aromatic heterocycles. The number of likely N-dealkylation sites (tertiary alicyclic amines) is 1. The van der Waals surface area contributed by atoms with Crippen LogP contribution >= 0.6 is 11.6 Å². The number of hydrogen-bond donors (Lipinski definition) is 2. The molecule has 0 radical (unpaired) electrons. The Hall–Kier alpha value is -5.13. The monoisotopic (exact) mass is 761 g/mol. The van der Waals surface area contributed by atoms with Crippen LogP contribution in [0.4, 0.5) is 10.1 Å². The predicted molar refractivity (Wildman–Crippen MR) is 210 cm³/mol. The summed E-state index contributed by atoms with van der Waals surface area (Å²) in [5, 5.41) is 16.1. The molecule has 2 aliphatic heterocycles. The van der Waals surface area contributed by atoms with Crippen LogP contribution in [0.15, 0.2) is 66.7 Å². The Labute approximate surface area is 327 Å². The minimum atomic E-state index is -0.661. The Morgan fingerprint density at radius 1 is 1.02 bits per heavy atom. The summed E-state index contributed by atoms with van der Waals surface area (Å²) >= 11 is 6.91. The Bertz CT molecular complexity index is 2090. The molecule has 0 saturated carbocycles. The number of ether oxygens (including phenoxy) is 3. The van der Waals surface area contributed by atoms with E-state index in [1.807, 2.05) is 18.2 Å². The van der Waals surface area contributed by atoms with E-state index in [2.05, 4.69) is 57.6 Å². The number of carbonyl (C=O) groups excluding carboxylic acids is 1. The molecule has 2 fully saturated rings. The lowest BCUT2D eigenvalue weighted by atomic mass is 9.93. The molecule has 2 saturated heterocycles. The number of nitrogens with one attached hydrogen (secondary N) is 2. The van der Waals surface area contributed by atoms with Crippen molar-refractivity contribution < 1.29 is 23.4 Å². The van der Waals surface area contributed by atoms with Crippen LogP contribution in [0.3, 0.4) is 0 Å². The molecule has 1 aliphatic carbocycles. The second kappa shape index (κ2) is 17.6. The highest BCUT2D eigenvalue weighted by molar-refractivity contribution is 6.32. The van der Waals surface area contributed by atoms with Gasteiger partial charge in [0.1, 0.15) is 36.1 Å². The number of carbonyl (C=O) groups is 1. The largest absolute Gasteiger partial charge is 0.493 e. The first-order valence-corrected chi connectivity index (χ1v) is 19.4. The third-order valence-electron chi connectivity index (χ3n) is 10.8. The molecule has 284 valence electrons. The first-order chi connectivity index (χ1) is 26.8. The van der Waals surface area contributed by atoms with Gasteiger partial charge < -0.3 is 29.7 Å². The molecule has 3 aliphatic rings. The molecule has 2 heterocycles. The van der Waals surface area contributed by atoms with Gasteiger partial charge in [-0.15, -0.1) is 0 Å². The lowest BCUT2D eigenvalue weighted by Crippen LogP contribution is -2.35. The standard InChI is InChI=1S/C44H45ClFN5O4/c1-28-34(6-4-9-40(28)53-19-5-16-51-17-13-32(46)14-18-51)35-7-3-8-37-36(35)10-11-41(37)55-43-24-42(54-27-30-20-29(25-47)21-33(22-30)48-2)31(23-38(43)45)26-50-39-12-15-49-44(39)52/h3-4,6-9,20-24,32,39,41,50H,5,10-19,26-27H2,1H3,(H,49,52)/t39-,41-/m0/s1. The second-order valence-electron chi connectivity index (χ2n) is 14.5. The van der Waals surface area contributed by atoms with Gasteiger partial charge in [-0.3, -0.25) is 4.79 Å². The summed E-state index contributed by atoms with van der Waals surface area (Å²) in [6.07, 6.45) is 3.53. The number of piperidine rings is 1. The SMILES string of the molecule is [C-]#[N+]c1cc(C#N)cc(COc2cc(O[C@H]3CCc4c(-c5cccc(OCCCN6CCC(F)CC6)c5C)cccc43)c(Cl)cc2CN[C@H]2CCNC2=O)c1. The van der Waals surface area contributed by atoms with E-state index in [-0.39, 0.29) is 24.7 Å². The lowest BCUT2D eigenvalue weighted by molar-refractivity contribution is -0.120. The van der Waals surface area contributed by atoms with Crippen molar-refractivity contribution in [1.29, 1.82) is 5.26 Å². The van der Waals surface area contributed by atoms with Crippen LogP contribution in [-0.2, 0) is 24.4 Å². The maximum Gasteiger partial charge on any atom is 0.237 e. The number of nitriles is 1. The van der Waals surface area contributed by atoms with Gasteiger partial charge in [0.15, 0.2) is 5.69 Å². The van der Waals surface area contributed by atoms with Crippen molar-refractivity contribution in [2.45, 2.75) is 76.9 Å². The average molecular weight is 762 g/mol.